The van der Waals surface area contributed by atoms with Crippen molar-refractivity contribution in [1.29, 1.82) is 0 Å². The van der Waals surface area contributed by atoms with Gasteiger partial charge in [0.2, 0.25) is 0 Å². The largest absolute Gasteiger partial charge is 0.398 e. The number of anilines is 1. The molecular formula is C13H10ClF2NOS. The van der Waals surface area contributed by atoms with Gasteiger partial charge in [0.05, 0.1) is 21.4 Å². The molecule has 1 unspecified atom stereocenters. The predicted octanol–water partition coefficient (Wildman–Crippen LogP) is 3.51. The van der Waals surface area contributed by atoms with E-state index < -0.39 is 22.4 Å². The van der Waals surface area contributed by atoms with E-state index in [1.165, 1.54) is 0 Å². The molecule has 0 bridgehead atoms. The second-order valence-electron chi connectivity index (χ2n) is 3.87. The summed E-state index contributed by atoms with van der Waals surface area (Å²) in [6.45, 7) is 0. The Labute approximate surface area is 116 Å². The monoisotopic (exact) mass is 301 g/mol. The molecule has 6 heteroatoms. The minimum Gasteiger partial charge on any atom is -0.398 e. The van der Waals surface area contributed by atoms with E-state index in [0.29, 0.717) is 16.3 Å². The van der Waals surface area contributed by atoms with Gasteiger partial charge in [0.1, 0.15) is 11.6 Å². The third kappa shape index (κ3) is 3.11. The molecule has 0 fully saturated rings. The Morgan fingerprint density at radius 2 is 1.95 bits per heavy atom. The molecule has 2 aromatic carbocycles. The summed E-state index contributed by atoms with van der Waals surface area (Å²) in [4.78, 5) is -0.195. The minimum atomic E-state index is -1.76. The number of nitrogen functional groups attached to an aromatic ring is 1. The fraction of sp³-hybridized carbons (Fsp3) is 0.0769. The van der Waals surface area contributed by atoms with Gasteiger partial charge in [-0.05, 0) is 30.3 Å². The van der Waals surface area contributed by atoms with Crippen molar-refractivity contribution in [3.05, 3.63) is 58.6 Å². The van der Waals surface area contributed by atoms with Crippen molar-refractivity contribution in [2.45, 2.75) is 10.6 Å². The smallest absolute Gasteiger partial charge is 0.139 e. The lowest BCUT2D eigenvalue weighted by Gasteiger charge is -2.08. The summed E-state index contributed by atoms with van der Waals surface area (Å²) in [5.74, 6) is -1.42. The maximum Gasteiger partial charge on any atom is 0.139 e. The summed E-state index contributed by atoms with van der Waals surface area (Å²) in [6.07, 6.45) is 0. The first-order valence-corrected chi connectivity index (χ1v) is 7.05. The maximum atomic E-state index is 13.5. The van der Waals surface area contributed by atoms with E-state index in [4.69, 9.17) is 17.3 Å². The number of rotatable bonds is 3. The third-order valence-electron chi connectivity index (χ3n) is 2.57. The van der Waals surface area contributed by atoms with Crippen LogP contribution in [-0.2, 0) is 16.6 Å². The van der Waals surface area contributed by atoms with Crippen molar-refractivity contribution in [1.82, 2.24) is 0 Å². The molecule has 0 radical (unpaired) electrons. The van der Waals surface area contributed by atoms with Gasteiger partial charge in [-0.1, -0.05) is 17.7 Å². The maximum absolute atomic E-state index is 13.5. The van der Waals surface area contributed by atoms with E-state index in [9.17, 15) is 13.0 Å². The van der Waals surface area contributed by atoms with Gasteiger partial charge in [-0.15, -0.1) is 0 Å². The topological polar surface area (TPSA) is 43.1 Å². The summed E-state index contributed by atoms with van der Waals surface area (Å²) >= 11 is 5.95. The molecule has 2 N–H and O–H groups in total. The van der Waals surface area contributed by atoms with Gasteiger partial charge in [0.15, 0.2) is 0 Å². The molecule has 0 saturated heterocycles. The van der Waals surface area contributed by atoms with Crippen LogP contribution in [0.2, 0.25) is 5.02 Å². The minimum absolute atomic E-state index is 0.0636. The lowest BCUT2D eigenvalue weighted by Crippen LogP contribution is -2.03. The molecule has 19 heavy (non-hydrogen) atoms. The molecule has 0 aliphatic heterocycles. The van der Waals surface area contributed by atoms with Gasteiger partial charge < -0.3 is 5.73 Å². The summed E-state index contributed by atoms with van der Waals surface area (Å²) in [7, 11) is -1.76. The molecule has 0 heterocycles. The summed E-state index contributed by atoms with van der Waals surface area (Å²) in [5, 5.41) is 0.352. The highest BCUT2D eigenvalue weighted by Gasteiger charge is 2.15. The van der Waals surface area contributed by atoms with E-state index in [-0.39, 0.29) is 10.6 Å². The van der Waals surface area contributed by atoms with Crippen LogP contribution in [0.5, 0.6) is 0 Å². The van der Waals surface area contributed by atoms with Crippen molar-refractivity contribution in [2.24, 2.45) is 0 Å². The first kappa shape index (κ1) is 14.0. The van der Waals surface area contributed by atoms with E-state index in [2.05, 4.69) is 0 Å². The lowest BCUT2D eigenvalue weighted by atomic mass is 10.2. The van der Waals surface area contributed by atoms with Crippen molar-refractivity contribution in [3.63, 3.8) is 0 Å². The SMILES string of the molecule is Nc1cccc(Cl)c1CS(=O)c1cc(F)ccc1F. The first-order valence-electron chi connectivity index (χ1n) is 5.35. The van der Waals surface area contributed by atoms with Crippen molar-refractivity contribution >= 4 is 28.1 Å². The van der Waals surface area contributed by atoms with Crippen molar-refractivity contribution in [2.75, 3.05) is 5.73 Å². The highest BCUT2D eigenvalue weighted by molar-refractivity contribution is 7.84. The van der Waals surface area contributed by atoms with Gasteiger partial charge in [-0.25, -0.2) is 8.78 Å². The average Bonchev–Trinajstić information content (AvgIpc) is 2.37. The Bertz CT molecular complexity index is 628. The van der Waals surface area contributed by atoms with Gasteiger partial charge in [-0.3, -0.25) is 4.21 Å². The van der Waals surface area contributed by atoms with Crippen LogP contribution in [0.15, 0.2) is 41.3 Å². The van der Waals surface area contributed by atoms with Crippen LogP contribution in [0.25, 0.3) is 0 Å². The molecular weight excluding hydrogens is 292 g/mol. The van der Waals surface area contributed by atoms with Gasteiger partial charge in [0, 0.05) is 16.3 Å². The Kier molecular flexibility index (Phi) is 4.17. The van der Waals surface area contributed by atoms with Crippen LogP contribution in [0.1, 0.15) is 5.56 Å². The predicted molar refractivity (Wildman–Crippen MR) is 72.3 cm³/mol. The van der Waals surface area contributed by atoms with Gasteiger partial charge in [0.25, 0.3) is 0 Å². The van der Waals surface area contributed by atoms with E-state index >= 15 is 0 Å². The second-order valence-corrected chi connectivity index (χ2v) is 5.70. The second kappa shape index (κ2) is 5.67. The highest BCUT2D eigenvalue weighted by atomic mass is 35.5. The quantitative estimate of drug-likeness (QED) is 0.882. The first-order chi connectivity index (χ1) is 8.99. The van der Waals surface area contributed by atoms with Crippen LogP contribution in [0.4, 0.5) is 14.5 Å². The number of hydrogen-bond acceptors (Lipinski definition) is 2. The molecule has 2 rings (SSSR count). The standard InChI is InChI=1S/C13H10ClF2NOS/c14-10-2-1-3-12(17)9(10)7-19(18)13-6-8(15)4-5-11(13)16/h1-6H,7,17H2. The number of hydrogen-bond donors (Lipinski definition) is 1. The van der Waals surface area contributed by atoms with Crippen LogP contribution in [0.3, 0.4) is 0 Å². The summed E-state index contributed by atoms with van der Waals surface area (Å²) < 4.78 is 38.6. The molecule has 0 aromatic heterocycles. The Hall–Kier alpha value is -1.46. The highest BCUT2D eigenvalue weighted by Crippen LogP contribution is 2.26. The van der Waals surface area contributed by atoms with Crippen molar-refractivity contribution in [3.8, 4) is 0 Å². The number of halogens is 3. The zero-order valence-electron chi connectivity index (χ0n) is 9.70. The van der Waals surface area contributed by atoms with Crippen LogP contribution >= 0.6 is 11.6 Å². The Balaban J connectivity index is 2.34. The normalized spacial score (nSPS) is 12.4. The molecule has 2 nitrogen and oxygen atoms in total. The van der Waals surface area contributed by atoms with Gasteiger partial charge >= 0.3 is 0 Å². The Morgan fingerprint density at radius 1 is 1.21 bits per heavy atom. The lowest BCUT2D eigenvalue weighted by molar-refractivity contribution is 0.572. The van der Waals surface area contributed by atoms with Crippen LogP contribution in [-0.4, -0.2) is 4.21 Å². The van der Waals surface area contributed by atoms with Crippen LogP contribution < -0.4 is 5.73 Å². The fourth-order valence-corrected chi connectivity index (χ4v) is 3.19. The van der Waals surface area contributed by atoms with Crippen LogP contribution in [0, 0.1) is 11.6 Å². The molecule has 0 aliphatic rings. The summed E-state index contributed by atoms with van der Waals surface area (Å²) in [6, 6.07) is 7.70. The zero-order chi connectivity index (χ0) is 14.0. The average molecular weight is 302 g/mol. The van der Waals surface area contributed by atoms with Crippen molar-refractivity contribution < 1.29 is 13.0 Å². The molecule has 0 amide bonds. The number of nitrogens with two attached hydrogens (primary N) is 1. The third-order valence-corrected chi connectivity index (χ3v) is 4.28. The Morgan fingerprint density at radius 3 is 2.63 bits per heavy atom. The number of benzene rings is 2. The van der Waals surface area contributed by atoms with E-state index in [0.717, 1.165) is 18.2 Å². The molecule has 0 saturated carbocycles. The van der Waals surface area contributed by atoms with E-state index in [1.807, 2.05) is 0 Å². The fourth-order valence-electron chi connectivity index (χ4n) is 1.59. The van der Waals surface area contributed by atoms with Gasteiger partial charge in [-0.2, -0.15) is 0 Å². The summed E-state index contributed by atoms with van der Waals surface area (Å²) in [5.41, 5.74) is 6.57. The zero-order valence-corrected chi connectivity index (χ0v) is 11.3. The molecule has 0 aliphatic carbocycles. The molecule has 1 atom stereocenters. The molecule has 0 spiro atoms. The molecule has 100 valence electrons. The molecule has 2 aromatic rings. The van der Waals surface area contributed by atoms with E-state index in [1.54, 1.807) is 18.2 Å².